The fourth-order valence-corrected chi connectivity index (χ4v) is 3.27. The zero-order valence-electron chi connectivity index (χ0n) is 12.0. The molecular weight excluding hydrogens is 300 g/mol. The van der Waals surface area contributed by atoms with Gasteiger partial charge in [-0.15, -0.1) is 0 Å². The van der Waals surface area contributed by atoms with Crippen LogP contribution < -0.4 is 10.0 Å². The Morgan fingerprint density at radius 3 is 2.33 bits per heavy atom. The molecule has 0 aromatic heterocycles. The fraction of sp³-hybridized carbons (Fsp3) is 0.538. The third kappa shape index (κ3) is 3.50. The van der Waals surface area contributed by atoms with E-state index in [1.807, 2.05) is 19.0 Å². The van der Waals surface area contributed by atoms with Crippen LogP contribution >= 0.6 is 0 Å². The summed E-state index contributed by atoms with van der Waals surface area (Å²) in [7, 11) is -0.497. The lowest BCUT2D eigenvalue weighted by Crippen LogP contribution is -2.45. The van der Waals surface area contributed by atoms with Crippen LogP contribution in [0.25, 0.3) is 0 Å². The first-order chi connectivity index (χ1) is 9.70. The maximum Gasteiger partial charge on any atom is 0.243 e. The minimum atomic E-state index is -4.41. The quantitative estimate of drug-likeness (QED) is 0.907. The van der Waals surface area contributed by atoms with Crippen molar-refractivity contribution in [1.29, 1.82) is 0 Å². The second-order valence-corrected chi connectivity index (χ2v) is 6.99. The van der Waals surface area contributed by atoms with Crippen molar-refractivity contribution in [3.8, 4) is 0 Å². The Bertz CT molecular complexity index is 611. The molecule has 0 aliphatic carbocycles. The molecule has 1 heterocycles. The number of likely N-dealkylation sites (N-methyl/N-ethyl adjacent to an activating group) is 1. The largest absolute Gasteiger partial charge is 0.370 e. The summed E-state index contributed by atoms with van der Waals surface area (Å²) in [6, 6.07) is 2.35. The predicted molar refractivity (Wildman–Crippen MR) is 76.7 cm³/mol. The summed E-state index contributed by atoms with van der Waals surface area (Å²) in [5.41, 5.74) is 0.337. The molecule has 2 rings (SSSR count). The summed E-state index contributed by atoms with van der Waals surface area (Å²) in [4.78, 5) is 2.84. The first-order valence-electron chi connectivity index (χ1n) is 6.63. The molecule has 118 valence electrons. The number of sulfonamides is 1. The van der Waals surface area contributed by atoms with E-state index in [4.69, 9.17) is 5.14 Å². The van der Waals surface area contributed by atoms with Gasteiger partial charge in [-0.2, -0.15) is 0 Å². The van der Waals surface area contributed by atoms with Gasteiger partial charge >= 0.3 is 0 Å². The number of rotatable bonds is 3. The molecule has 1 fully saturated rings. The highest BCUT2D eigenvalue weighted by molar-refractivity contribution is 7.89. The highest BCUT2D eigenvalue weighted by atomic mass is 32.2. The van der Waals surface area contributed by atoms with Crippen LogP contribution in [-0.2, 0) is 10.0 Å². The van der Waals surface area contributed by atoms with E-state index in [0.29, 0.717) is 24.8 Å². The van der Waals surface area contributed by atoms with Crippen molar-refractivity contribution in [3.63, 3.8) is 0 Å². The summed E-state index contributed by atoms with van der Waals surface area (Å²) >= 11 is 0. The third-order valence-electron chi connectivity index (χ3n) is 3.76. The number of piperidine rings is 1. The molecule has 0 bridgehead atoms. The summed E-state index contributed by atoms with van der Waals surface area (Å²) in [5, 5.41) is 4.82. The lowest BCUT2D eigenvalue weighted by molar-refractivity contribution is 0.258. The first-order valence-corrected chi connectivity index (χ1v) is 8.18. The van der Waals surface area contributed by atoms with Gasteiger partial charge < -0.3 is 9.80 Å². The van der Waals surface area contributed by atoms with Gasteiger partial charge in [0, 0.05) is 24.8 Å². The van der Waals surface area contributed by atoms with Crippen molar-refractivity contribution in [3.05, 3.63) is 23.8 Å². The van der Waals surface area contributed by atoms with Crippen LogP contribution in [-0.4, -0.2) is 46.5 Å². The minimum absolute atomic E-state index is 0.294. The maximum absolute atomic E-state index is 13.9. The summed E-state index contributed by atoms with van der Waals surface area (Å²) in [6.45, 7) is 1.32. The van der Waals surface area contributed by atoms with E-state index in [9.17, 15) is 17.2 Å². The number of hydrogen-bond acceptors (Lipinski definition) is 4. The number of halogens is 2. The average Bonchev–Trinajstić information content (AvgIpc) is 2.36. The van der Waals surface area contributed by atoms with Crippen molar-refractivity contribution in [2.45, 2.75) is 23.8 Å². The summed E-state index contributed by atoms with van der Waals surface area (Å²) < 4.78 is 50.1. The van der Waals surface area contributed by atoms with Crippen molar-refractivity contribution in [1.82, 2.24) is 4.90 Å². The number of anilines is 1. The van der Waals surface area contributed by atoms with Gasteiger partial charge in [0.2, 0.25) is 10.0 Å². The molecular formula is C13H19F2N3O2S. The molecule has 8 heteroatoms. The highest BCUT2D eigenvalue weighted by Crippen LogP contribution is 2.27. The summed E-state index contributed by atoms with van der Waals surface area (Å²) in [5.74, 6) is -2.31. The van der Waals surface area contributed by atoms with Crippen LogP contribution in [0.4, 0.5) is 14.5 Å². The molecule has 2 N–H and O–H groups in total. The monoisotopic (exact) mass is 319 g/mol. The van der Waals surface area contributed by atoms with Gasteiger partial charge in [0.1, 0.15) is 11.6 Å². The number of hydrogen-bond donors (Lipinski definition) is 1. The molecule has 1 aromatic carbocycles. The fourth-order valence-electron chi connectivity index (χ4n) is 2.61. The lowest BCUT2D eigenvalue weighted by atomic mass is 10.0. The molecule has 1 atom stereocenters. The predicted octanol–water partition coefficient (Wildman–Crippen LogP) is 1.14. The van der Waals surface area contributed by atoms with E-state index in [1.165, 1.54) is 0 Å². The molecule has 21 heavy (non-hydrogen) atoms. The van der Waals surface area contributed by atoms with Crippen molar-refractivity contribution < 1.29 is 17.2 Å². The Morgan fingerprint density at radius 2 is 1.86 bits per heavy atom. The van der Waals surface area contributed by atoms with Crippen molar-refractivity contribution >= 4 is 15.7 Å². The number of benzene rings is 1. The molecule has 5 nitrogen and oxygen atoms in total. The van der Waals surface area contributed by atoms with Crippen LogP contribution in [0.3, 0.4) is 0 Å². The molecule has 1 unspecified atom stereocenters. The number of nitrogens with zero attached hydrogens (tertiary/aromatic N) is 2. The van der Waals surface area contributed by atoms with Gasteiger partial charge in [0.05, 0.1) is 0 Å². The Hall–Kier alpha value is -1.25. The number of primary sulfonamides is 1. The Kier molecular flexibility index (Phi) is 4.50. The molecule has 1 aliphatic rings. The normalized spacial score (nSPS) is 20.1. The second-order valence-electron chi connectivity index (χ2n) is 5.49. The van der Waals surface area contributed by atoms with E-state index in [0.717, 1.165) is 25.0 Å². The second kappa shape index (κ2) is 5.86. The zero-order chi connectivity index (χ0) is 15.8. The van der Waals surface area contributed by atoms with E-state index in [1.54, 1.807) is 0 Å². The molecule has 1 saturated heterocycles. The summed E-state index contributed by atoms with van der Waals surface area (Å²) in [6.07, 6.45) is 1.92. The van der Waals surface area contributed by atoms with Gasteiger partial charge in [-0.3, -0.25) is 0 Å². The van der Waals surface area contributed by atoms with Gasteiger partial charge in [0.15, 0.2) is 4.90 Å². The van der Waals surface area contributed by atoms with Gasteiger partial charge in [-0.25, -0.2) is 22.3 Å². The third-order valence-corrected chi connectivity index (χ3v) is 4.72. The first kappa shape index (κ1) is 16.1. The SMILES string of the molecule is CN(C)C1CCCN(c2cc(F)c(S(N)(=O)=O)c(F)c2)C1. The molecule has 0 saturated carbocycles. The Balaban J connectivity index is 2.34. The molecule has 1 aromatic rings. The minimum Gasteiger partial charge on any atom is -0.370 e. The highest BCUT2D eigenvalue weighted by Gasteiger charge is 2.26. The van der Waals surface area contributed by atoms with Crippen LogP contribution in [0.5, 0.6) is 0 Å². The van der Waals surface area contributed by atoms with Gasteiger partial charge in [0.25, 0.3) is 0 Å². The van der Waals surface area contributed by atoms with Crippen LogP contribution in [0.1, 0.15) is 12.8 Å². The van der Waals surface area contributed by atoms with E-state index >= 15 is 0 Å². The van der Waals surface area contributed by atoms with Crippen LogP contribution in [0, 0.1) is 11.6 Å². The van der Waals surface area contributed by atoms with Crippen LogP contribution in [0.15, 0.2) is 17.0 Å². The molecule has 0 amide bonds. The molecule has 0 radical (unpaired) electrons. The van der Waals surface area contributed by atoms with Crippen molar-refractivity contribution in [2.75, 3.05) is 32.1 Å². The van der Waals surface area contributed by atoms with E-state index in [-0.39, 0.29) is 0 Å². The standard InChI is InChI=1S/C13H19F2N3O2S/c1-17(2)9-4-3-5-18(8-9)10-6-11(14)13(12(15)7-10)21(16,19)20/h6-7,9H,3-5,8H2,1-2H3,(H2,16,19,20). The topological polar surface area (TPSA) is 66.6 Å². The zero-order valence-corrected chi connectivity index (χ0v) is 12.8. The van der Waals surface area contributed by atoms with Crippen LogP contribution in [0.2, 0.25) is 0 Å². The smallest absolute Gasteiger partial charge is 0.243 e. The van der Waals surface area contributed by atoms with Gasteiger partial charge in [-0.05, 0) is 39.1 Å². The van der Waals surface area contributed by atoms with E-state index in [2.05, 4.69) is 4.90 Å². The molecule has 0 spiro atoms. The van der Waals surface area contributed by atoms with E-state index < -0.39 is 26.6 Å². The average molecular weight is 319 g/mol. The maximum atomic E-state index is 13.9. The number of nitrogens with two attached hydrogens (primary N) is 1. The Morgan fingerprint density at radius 1 is 1.29 bits per heavy atom. The Labute approximate surface area is 123 Å². The van der Waals surface area contributed by atoms with Crippen molar-refractivity contribution in [2.24, 2.45) is 5.14 Å². The lowest BCUT2D eigenvalue weighted by Gasteiger charge is -2.37. The van der Waals surface area contributed by atoms with Gasteiger partial charge in [-0.1, -0.05) is 0 Å². The molecule has 1 aliphatic heterocycles.